The Morgan fingerprint density at radius 2 is 1.58 bits per heavy atom. The van der Waals surface area contributed by atoms with Gasteiger partial charge in [0.1, 0.15) is 5.75 Å². The third kappa shape index (κ3) is 4.06. The fourth-order valence-electron chi connectivity index (χ4n) is 2.58. The molecule has 26 heavy (non-hydrogen) atoms. The Morgan fingerprint density at radius 3 is 2.15 bits per heavy atom. The lowest BCUT2D eigenvalue weighted by molar-refractivity contribution is 0.102. The molecule has 5 heteroatoms. The van der Waals surface area contributed by atoms with Crippen molar-refractivity contribution in [2.24, 2.45) is 0 Å². The smallest absolute Gasteiger partial charge is 0.322 e. The Kier molecular flexibility index (Phi) is 5.27. The fourth-order valence-corrected chi connectivity index (χ4v) is 2.58. The first-order valence-corrected chi connectivity index (χ1v) is 8.55. The number of nitrogens with zero attached hydrogens (tertiary/aromatic N) is 2. The summed E-state index contributed by atoms with van der Waals surface area (Å²) < 4.78 is 5.68. The molecular weight excluding hydrogens is 326 g/mol. The molecular formula is C21H21N3O2. The maximum absolute atomic E-state index is 12.5. The van der Waals surface area contributed by atoms with Crippen LogP contribution in [0.25, 0.3) is 0 Å². The quantitative estimate of drug-likeness (QED) is 0.726. The number of amides is 1. The van der Waals surface area contributed by atoms with Crippen LogP contribution < -0.4 is 10.1 Å². The van der Waals surface area contributed by atoms with Crippen LogP contribution >= 0.6 is 0 Å². The van der Waals surface area contributed by atoms with Crippen LogP contribution in [-0.4, -0.2) is 15.9 Å². The molecule has 1 N–H and O–H groups in total. The summed E-state index contributed by atoms with van der Waals surface area (Å²) in [5.41, 5.74) is 3.71. The van der Waals surface area contributed by atoms with Gasteiger partial charge in [0.2, 0.25) is 0 Å². The molecule has 1 aromatic heterocycles. The van der Waals surface area contributed by atoms with Gasteiger partial charge in [0.15, 0.2) is 0 Å². The number of hydrogen-bond acceptors (Lipinski definition) is 4. The minimum Gasteiger partial charge on any atom is -0.424 e. The normalized spacial score (nSPS) is 10.4. The van der Waals surface area contributed by atoms with E-state index in [2.05, 4.69) is 22.2 Å². The molecule has 3 aromatic rings. The molecule has 1 heterocycles. The molecule has 0 aliphatic rings. The van der Waals surface area contributed by atoms with Gasteiger partial charge in [-0.2, -0.15) is 9.97 Å². The molecule has 0 saturated heterocycles. The van der Waals surface area contributed by atoms with E-state index in [1.807, 2.05) is 68.4 Å². The van der Waals surface area contributed by atoms with Crippen molar-refractivity contribution in [3.8, 4) is 11.8 Å². The maximum Gasteiger partial charge on any atom is 0.322 e. The minimum absolute atomic E-state index is 0.181. The molecule has 132 valence electrons. The molecule has 0 atom stereocenters. The number of anilines is 1. The van der Waals surface area contributed by atoms with E-state index in [0.717, 1.165) is 6.42 Å². The van der Waals surface area contributed by atoms with Gasteiger partial charge in [-0.25, -0.2) is 0 Å². The average Bonchev–Trinajstić information content (AvgIpc) is 2.65. The monoisotopic (exact) mass is 347 g/mol. The summed E-state index contributed by atoms with van der Waals surface area (Å²) in [5.74, 6) is 0.485. The van der Waals surface area contributed by atoms with E-state index >= 15 is 0 Å². The highest BCUT2D eigenvalue weighted by atomic mass is 16.5. The summed E-state index contributed by atoms with van der Waals surface area (Å²) in [7, 11) is 0. The second kappa shape index (κ2) is 7.78. The second-order valence-electron chi connectivity index (χ2n) is 5.97. The Morgan fingerprint density at radius 1 is 0.962 bits per heavy atom. The molecule has 2 aromatic carbocycles. The van der Waals surface area contributed by atoms with E-state index in [1.54, 1.807) is 0 Å². The van der Waals surface area contributed by atoms with Crippen LogP contribution in [0.4, 0.5) is 5.69 Å². The number of benzene rings is 2. The van der Waals surface area contributed by atoms with Gasteiger partial charge in [0.25, 0.3) is 5.91 Å². The summed E-state index contributed by atoms with van der Waals surface area (Å²) in [6.45, 7) is 5.73. The second-order valence-corrected chi connectivity index (χ2v) is 5.97. The topological polar surface area (TPSA) is 64.1 Å². The summed E-state index contributed by atoms with van der Waals surface area (Å²) in [6, 6.07) is 17.2. The number of aromatic nitrogens is 2. The SMILES string of the molecule is CCc1ccc(C(=O)Nc2c(C)nc(Oc3ccccc3)nc2C)cc1. The fraction of sp³-hybridized carbons (Fsp3) is 0.190. The van der Waals surface area contributed by atoms with E-state index in [-0.39, 0.29) is 11.9 Å². The molecule has 0 unspecified atom stereocenters. The summed E-state index contributed by atoms with van der Waals surface area (Å²) in [4.78, 5) is 21.2. The first-order chi connectivity index (χ1) is 12.6. The van der Waals surface area contributed by atoms with Gasteiger partial charge in [0, 0.05) is 5.56 Å². The van der Waals surface area contributed by atoms with Crippen LogP contribution in [0.15, 0.2) is 54.6 Å². The largest absolute Gasteiger partial charge is 0.424 e. The molecule has 3 rings (SSSR count). The van der Waals surface area contributed by atoms with E-state index in [1.165, 1.54) is 5.56 Å². The van der Waals surface area contributed by atoms with Crippen molar-refractivity contribution in [2.75, 3.05) is 5.32 Å². The highest BCUT2D eigenvalue weighted by Gasteiger charge is 2.14. The van der Waals surface area contributed by atoms with Crippen molar-refractivity contribution < 1.29 is 9.53 Å². The average molecular weight is 347 g/mol. The van der Waals surface area contributed by atoms with Gasteiger partial charge in [-0.1, -0.05) is 37.3 Å². The first kappa shape index (κ1) is 17.6. The molecule has 0 radical (unpaired) electrons. The predicted molar refractivity (Wildman–Crippen MR) is 102 cm³/mol. The summed E-state index contributed by atoms with van der Waals surface area (Å²) >= 11 is 0. The number of para-hydroxylation sites is 1. The zero-order valence-electron chi connectivity index (χ0n) is 15.1. The third-order valence-electron chi connectivity index (χ3n) is 4.07. The number of carbonyl (C=O) groups excluding carboxylic acids is 1. The number of hydrogen-bond donors (Lipinski definition) is 1. The van der Waals surface area contributed by atoms with Crippen molar-refractivity contribution in [2.45, 2.75) is 27.2 Å². The summed E-state index contributed by atoms with van der Waals surface area (Å²) in [5, 5.41) is 2.90. The Bertz CT molecular complexity index is 883. The molecule has 0 saturated carbocycles. The standard InChI is InChI=1S/C21H21N3O2/c1-4-16-10-12-17(13-11-16)20(25)24-19-14(2)22-21(23-15(19)3)26-18-8-6-5-7-9-18/h5-13H,4H2,1-3H3,(H,24,25). The molecule has 0 aliphatic carbocycles. The number of nitrogens with one attached hydrogen (secondary N) is 1. The molecule has 0 bridgehead atoms. The zero-order valence-corrected chi connectivity index (χ0v) is 15.1. The number of aryl methyl sites for hydroxylation is 3. The third-order valence-corrected chi connectivity index (χ3v) is 4.07. The molecule has 5 nitrogen and oxygen atoms in total. The number of rotatable bonds is 5. The van der Waals surface area contributed by atoms with E-state index < -0.39 is 0 Å². The molecule has 0 aliphatic heterocycles. The van der Waals surface area contributed by atoms with Gasteiger partial charge in [0.05, 0.1) is 17.1 Å². The van der Waals surface area contributed by atoms with E-state index in [0.29, 0.717) is 28.4 Å². The van der Waals surface area contributed by atoms with E-state index in [9.17, 15) is 4.79 Å². The lowest BCUT2D eigenvalue weighted by Crippen LogP contribution is -2.15. The predicted octanol–water partition coefficient (Wildman–Crippen LogP) is 4.70. The summed E-state index contributed by atoms with van der Waals surface area (Å²) in [6.07, 6.45) is 0.941. The van der Waals surface area contributed by atoms with Crippen LogP contribution in [0, 0.1) is 13.8 Å². The van der Waals surface area contributed by atoms with Gasteiger partial charge >= 0.3 is 6.01 Å². The van der Waals surface area contributed by atoms with Crippen molar-refractivity contribution in [1.82, 2.24) is 9.97 Å². The van der Waals surface area contributed by atoms with Crippen LogP contribution in [-0.2, 0) is 6.42 Å². The molecule has 0 spiro atoms. The van der Waals surface area contributed by atoms with Crippen LogP contribution in [0.2, 0.25) is 0 Å². The van der Waals surface area contributed by atoms with Crippen LogP contribution in [0.5, 0.6) is 11.8 Å². The minimum atomic E-state index is -0.181. The first-order valence-electron chi connectivity index (χ1n) is 8.55. The lowest BCUT2D eigenvalue weighted by atomic mass is 10.1. The molecule has 0 fully saturated rings. The van der Waals surface area contributed by atoms with Crippen molar-refractivity contribution in [3.63, 3.8) is 0 Å². The van der Waals surface area contributed by atoms with E-state index in [4.69, 9.17) is 4.74 Å². The molecule has 1 amide bonds. The van der Waals surface area contributed by atoms with Crippen LogP contribution in [0.1, 0.15) is 34.2 Å². The zero-order chi connectivity index (χ0) is 18.5. The highest BCUT2D eigenvalue weighted by Crippen LogP contribution is 2.23. The van der Waals surface area contributed by atoms with Crippen molar-refractivity contribution >= 4 is 11.6 Å². The van der Waals surface area contributed by atoms with Gasteiger partial charge in [-0.05, 0) is 50.1 Å². The van der Waals surface area contributed by atoms with Gasteiger partial charge in [-0.3, -0.25) is 4.79 Å². The highest BCUT2D eigenvalue weighted by molar-refractivity contribution is 6.04. The number of ether oxygens (including phenoxy) is 1. The Balaban J connectivity index is 1.78. The Hall–Kier alpha value is -3.21. The van der Waals surface area contributed by atoms with Crippen LogP contribution in [0.3, 0.4) is 0 Å². The Labute approximate surface area is 153 Å². The van der Waals surface area contributed by atoms with Gasteiger partial charge < -0.3 is 10.1 Å². The maximum atomic E-state index is 12.5. The van der Waals surface area contributed by atoms with Crippen molar-refractivity contribution in [1.29, 1.82) is 0 Å². The van der Waals surface area contributed by atoms with Crippen molar-refractivity contribution in [3.05, 3.63) is 77.1 Å². The lowest BCUT2D eigenvalue weighted by Gasteiger charge is -2.12. The van der Waals surface area contributed by atoms with Gasteiger partial charge in [-0.15, -0.1) is 0 Å². The number of carbonyl (C=O) groups is 1.